The average Bonchev–Trinajstić information content (AvgIpc) is 3.08. The molecule has 2 N–H and O–H groups in total. The van der Waals surface area contributed by atoms with Gasteiger partial charge in [-0.3, -0.25) is 9.59 Å². The van der Waals surface area contributed by atoms with E-state index in [1.807, 2.05) is 43.3 Å². The Morgan fingerprint density at radius 2 is 1.50 bits per heavy atom. The fourth-order valence-corrected chi connectivity index (χ4v) is 5.82. The SMILES string of the molecule is COc1ccc(S(=O)(=O)N(CC(=O)N/N=C\c2ccc(OCC(=O)N[C@H](C)c3ccccc3)cc2)Cc2ccccc2)cc1OC. The first-order valence-corrected chi connectivity index (χ1v) is 15.8. The van der Waals surface area contributed by atoms with Gasteiger partial charge in [-0.1, -0.05) is 60.7 Å². The number of sulfonamides is 1. The molecule has 0 fully saturated rings. The van der Waals surface area contributed by atoms with Crippen molar-refractivity contribution in [3.8, 4) is 17.2 Å². The van der Waals surface area contributed by atoms with Crippen molar-refractivity contribution in [2.75, 3.05) is 27.4 Å². The van der Waals surface area contributed by atoms with Crippen LogP contribution in [0.15, 0.2) is 113 Å². The van der Waals surface area contributed by atoms with Gasteiger partial charge in [0, 0.05) is 12.6 Å². The third-order valence-corrected chi connectivity index (χ3v) is 8.63. The first-order chi connectivity index (χ1) is 22.2. The van der Waals surface area contributed by atoms with Gasteiger partial charge in [0.15, 0.2) is 18.1 Å². The van der Waals surface area contributed by atoms with Crippen molar-refractivity contribution in [2.24, 2.45) is 5.10 Å². The minimum Gasteiger partial charge on any atom is -0.493 e. The van der Waals surface area contributed by atoms with Gasteiger partial charge in [0.1, 0.15) is 5.75 Å². The van der Waals surface area contributed by atoms with Crippen molar-refractivity contribution in [3.63, 3.8) is 0 Å². The van der Waals surface area contributed by atoms with Crippen molar-refractivity contribution < 1.29 is 32.2 Å². The third kappa shape index (κ3) is 9.40. The van der Waals surface area contributed by atoms with E-state index in [4.69, 9.17) is 14.2 Å². The molecule has 0 saturated heterocycles. The standard InChI is InChI=1S/C34H36N4O7S/c1-25(28-12-8-5-9-13-28)36-34(40)24-45-29-16-14-26(15-17-29)21-35-37-33(39)23-38(22-27-10-6-4-7-11-27)46(41,42)30-18-19-31(43-2)32(20-30)44-3/h4-21,25H,22-24H2,1-3H3,(H,36,40)(H,37,39)/b35-21-/t25-/m1/s1. The Bertz CT molecular complexity index is 1730. The van der Waals surface area contributed by atoms with E-state index in [9.17, 15) is 18.0 Å². The number of methoxy groups -OCH3 is 2. The summed E-state index contributed by atoms with van der Waals surface area (Å²) in [6.07, 6.45) is 1.42. The maximum atomic E-state index is 13.7. The number of benzene rings is 4. The van der Waals surface area contributed by atoms with Crippen LogP contribution in [-0.2, 0) is 26.2 Å². The second kappa shape index (κ2) is 16.2. The number of hydrazone groups is 1. The molecule has 11 nitrogen and oxygen atoms in total. The fourth-order valence-electron chi connectivity index (χ4n) is 4.42. The Morgan fingerprint density at radius 1 is 0.848 bits per heavy atom. The highest BCUT2D eigenvalue weighted by Gasteiger charge is 2.28. The molecule has 0 aromatic heterocycles. The van der Waals surface area contributed by atoms with Crippen LogP contribution in [0.3, 0.4) is 0 Å². The number of hydrogen-bond acceptors (Lipinski definition) is 8. The second-order valence-electron chi connectivity index (χ2n) is 10.1. The first kappa shape index (κ1) is 33.7. The van der Waals surface area contributed by atoms with Gasteiger partial charge in [-0.05, 0) is 60.0 Å². The van der Waals surface area contributed by atoms with Crippen LogP contribution >= 0.6 is 0 Å². The molecule has 0 bridgehead atoms. The summed E-state index contributed by atoms with van der Waals surface area (Å²) in [5.74, 6) is 0.225. The van der Waals surface area contributed by atoms with Crippen LogP contribution in [0.25, 0.3) is 0 Å². The normalized spacial score (nSPS) is 12.0. The minimum atomic E-state index is -4.12. The zero-order valence-corrected chi connectivity index (χ0v) is 26.6. The molecule has 1 atom stereocenters. The summed E-state index contributed by atoms with van der Waals surface area (Å²) >= 11 is 0. The van der Waals surface area contributed by atoms with E-state index in [1.165, 1.54) is 38.6 Å². The molecule has 0 spiro atoms. The zero-order chi connectivity index (χ0) is 32.9. The van der Waals surface area contributed by atoms with Crippen LogP contribution in [-0.4, -0.2) is 58.1 Å². The van der Waals surface area contributed by atoms with Crippen LogP contribution in [0.5, 0.6) is 17.2 Å². The molecule has 0 radical (unpaired) electrons. The molecule has 4 aromatic rings. The van der Waals surface area contributed by atoms with Crippen LogP contribution in [0.1, 0.15) is 29.7 Å². The molecule has 12 heteroatoms. The van der Waals surface area contributed by atoms with Crippen molar-refractivity contribution in [1.29, 1.82) is 0 Å². The molecular weight excluding hydrogens is 608 g/mol. The number of hydrogen-bond donors (Lipinski definition) is 2. The Hall–Kier alpha value is -5.20. The Morgan fingerprint density at radius 3 is 2.15 bits per heavy atom. The number of amides is 2. The quantitative estimate of drug-likeness (QED) is 0.146. The molecule has 0 unspecified atom stereocenters. The molecule has 46 heavy (non-hydrogen) atoms. The van der Waals surface area contributed by atoms with Crippen LogP contribution in [0.4, 0.5) is 0 Å². The van der Waals surface area contributed by atoms with Crippen molar-refractivity contribution in [1.82, 2.24) is 15.0 Å². The van der Waals surface area contributed by atoms with Gasteiger partial charge in [0.05, 0.1) is 37.9 Å². The number of rotatable bonds is 15. The Labute approximate surface area is 268 Å². The lowest BCUT2D eigenvalue weighted by atomic mass is 10.1. The van der Waals surface area contributed by atoms with E-state index in [0.29, 0.717) is 22.6 Å². The zero-order valence-electron chi connectivity index (χ0n) is 25.8. The highest BCUT2D eigenvalue weighted by atomic mass is 32.2. The van der Waals surface area contributed by atoms with Gasteiger partial charge in [-0.15, -0.1) is 0 Å². The van der Waals surface area contributed by atoms with Crippen molar-refractivity contribution in [3.05, 3.63) is 120 Å². The maximum absolute atomic E-state index is 13.7. The van der Waals surface area contributed by atoms with E-state index < -0.39 is 22.5 Å². The summed E-state index contributed by atoms with van der Waals surface area (Å²) < 4.78 is 44.5. The Kier molecular flexibility index (Phi) is 11.9. The number of nitrogens with one attached hydrogen (secondary N) is 2. The molecule has 0 saturated carbocycles. The lowest BCUT2D eigenvalue weighted by molar-refractivity contribution is -0.124. The molecule has 0 heterocycles. The van der Waals surface area contributed by atoms with Crippen molar-refractivity contribution in [2.45, 2.75) is 24.4 Å². The summed E-state index contributed by atoms with van der Waals surface area (Å²) in [7, 11) is -1.26. The summed E-state index contributed by atoms with van der Waals surface area (Å²) in [5.41, 5.74) is 4.74. The van der Waals surface area contributed by atoms with Gasteiger partial charge in [0.25, 0.3) is 11.8 Å². The molecule has 4 rings (SSSR count). The molecule has 0 aliphatic rings. The molecule has 240 valence electrons. The van der Waals surface area contributed by atoms with E-state index in [-0.39, 0.29) is 35.7 Å². The lowest BCUT2D eigenvalue weighted by Gasteiger charge is -2.22. The van der Waals surface area contributed by atoms with Gasteiger partial charge in [-0.2, -0.15) is 9.41 Å². The molecule has 0 aliphatic carbocycles. The van der Waals surface area contributed by atoms with E-state index in [1.54, 1.807) is 48.5 Å². The number of carbonyl (C=O) groups excluding carboxylic acids is 2. The average molecular weight is 645 g/mol. The van der Waals surface area contributed by atoms with Crippen LogP contribution in [0.2, 0.25) is 0 Å². The number of ether oxygens (including phenoxy) is 3. The topological polar surface area (TPSA) is 136 Å². The minimum absolute atomic E-state index is 0.0424. The van der Waals surface area contributed by atoms with E-state index in [0.717, 1.165) is 9.87 Å². The van der Waals surface area contributed by atoms with Gasteiger partial charge >= 0.3 is 0 Å². The number of carbonyl (C=O) groups is 2. The van der Waals surface area contributed by atoms with Crippen LogP contribution < -0.4 is 25.0 Å². The third-order valence-electron chi connectivity index (χ3n) is 6.84. The smallest absolute Gasteiger partial charge is 0.258 e. The molecule has 4 aromatic carbocycles. The second-order valence-corrected chi connectivity index (χ2v) is 12.1. The van der Waals surface area contributed by atoms with E-state index in [2.05, 4.69) is 15.8 Å². The Balaban J connectivity index is 1.35. The maximum Gasteiger partial charge on any atom is 0.258 e. The lowest BCUT2D eigenvalue weighted by Crippen LogP contribution is -2.39. The highest BCUT2D eigenvalue weighted by Crippen LogP contribution is 2.31. The number of nitrogens with zero attached hydrogens (tertiary/aromatic N) is 2. The summed E-state index contributed by atoms with van der Waals surface area (Å²) in [6, 6.07) is 29.4. The summed E-state index contributed by atoms with van der Waals surface area (Å²) in [4.78, 5) is 25.1. The summed E-state index contributed by atoms with van der Waals surface area (Å²) in [6.45, 7) is 1.23. The largest absolute Gasteiger partial charge is 0.493 e. The van der Waals surface area contributed by atoms with Gasteiger partial charge in [-0.25, -0.2) is 13.8 Å². The fraction of sp³-hybridized carbons (Fsp3) is 0.206. The highest BCUT2D eigenvalue weighted by molar-refractivity contribution is 7.89. The molecule has 0 aliphatic heterocycles. The molecular formula is C34H36N4O7S. The van der Waals surface area contributed by atoms with Gasteiger partial charge < -0.3 is 19.5 Å². The van der Waals surface area contributed by atoms with Crippen LogP contribution in [0, 0.1) is 0 Å². The van der Waals surface area contributed by atoms with E-state index >= 15 is 0 Å². The monoisotopic (exact) mass is 644 g/mol. The predicted octanol–water partition coefficient (Wildman–Crippen LogP) is 4.30. The summed E-state index contributed by atoms with van der Waals surface area (Å²) in [5, 5.41) is 6.88. The molecule has 2 amide bonds. The van der Waals surface area contributed by atoms with Crippen molar-refractivity contribution >= 4 is 28.1 Å². The van der Waals surface area contributed by atoms with Gasteiger partial charge in [0.2, 0.25) is 10.0 Å². The predicted molar refractivity (Wildman–Crippen MR) is 174 cm³/mol. The first-order valence-electron chi connectivity index (χ1n) is 14.3.